The molecule has 9 heteroatoms. The van der Waals surface area contributed by atoms with E-state index in [0.717, 1.165) is 11.6 Å². The second-order valence-corrected chi connectivity index (χ2v) is 4.72. The van der Waals surface area contributed by atoms with E-state index in [2.05, 4.69) is 25.0 Å². The van der Waals surface area contributed by atoms with E-state index < -0.39 is 0 Å². The summed E-state index contributed by atoms with van der Waals surface area (Å²) < 4.78 is 8.83. The fraction of sp³-hybridized carbons (Fsp3) is 0.417. The average Bonchev–Trinajstić information content (AvgIpc) is 3.07. The highest BCUT2D eigenvalue weighted by Crippen LogP contribution is 2.22. The number of nitrogens with zero attached hydrogens (tertiary/aromatic N) is 7. The van der Waals surface area contributed by atoms with Crippen LogP contribution in [-0.4, -0.2) is 41.4 Å². The topological polar surface area (TPSA) is 83.5 Å². The molecule has 0 atom stereocenters. The molecule has 0 radical (unpaired) electrons. The highest BCUT2D eigenvalue weighted by Gasteiger charge is 2.16. The standard InChI is InChI=1S/C12H14ClN7O/c1-19-7-16-8(18-19)3-4-20-9(5-13)17-10-11(20)14-6-15-12(10)21-2/h6-7H,3-5H2,1-2H3. The number of methoxy groups -OCH3 is 1. The van der Waals surface area contributed by atoms with Gasteiger partial charge in [-0.2, -0.15) is 10.1 Å². The lowest BCUT2D eigenvalue weighted by molar-refractivity contribution is 0.401. The third-order valence-corrected chi connectivity index (χ3v) is 3.34. The molecule has 3 rings (SSSR count). The summed E-state index contributed by atoms with van der Waals surface area (Å²) in [5.41, 5.74) is 1.32. The Morgan fingerprint density at radius 1 is 1.29 bits per heavy atom. The fourth-order valence-corrected chi connectivity index (χ4v) is 2.36. The molecule has 0 aliphatic heterocycles. The van der Waals surface area contributed by atoms with E-state index in [4.69, 9.17) is 16.3 Å². The van der Waals surface area contributed by atoms with Crippen LogP contribution in [0.3, 0.4) is 0 Å². The van der Waals surface area contributed by atoms with Crippen molar-refractivity contribution in [2.45, 2.75) is 18.8 Å². The van der Waals surface area contributed by atoms with E-state index in [1.54, 1.807) is 18.1 Å². The van der Waals surface area contributed by atoms with Gasteiger partial charge in [-0.05, 0) is 0 Å². The molecule has 0 aliphatic carbocycles. The van der Waals surface area contributed by atoms with Crippen LogP contribution in [0.25, 0.3) is 11.2 Å². The minimum absolute atomic E-state index is 0.287. The number of hydrogen-bond donors (Lipinski definition) is 0. The molecule has 0 fully saturated rings. The molecule has 8 nitrogen and oxygen atoms in total. The highest BCUT2D eigenvalue weighted by molar-refractivity contribution is 6.16. The van der Waals surface area contributed by atoms with Gasteiger partial charge in [0.05, 0.1) is 13.0 Å². The lowest BCUT2D eigenvalue weighted by atomic mass is 10.4. The van der Waals surface area contributed by atoms with E-state index in [-0.39, 0.29) is 5.88 Å². The Hall–Kier alpha value is -2.22. The number of hydrogen-bond acceptors (Lipinski definition) is 6. The summed E-state index contributed by atoms with van der Waals surface area (Å²) in [5.74, 6) is 2.22. The molecule has 3 heterocycles. The Balaban J connectivity index is 1.96. The number of ether oxygens (including phenoxy) is 1. The summed E-state index contributed by atoms with van der Waals surface area (Å²) in [5, 5.41) is 4.26. The van der Waals surface area contributed by atoms with Crippen LogP contribution in [0.1, 0.15) is 11.6 Å². The third kappa shape index (κ3) is 2.54. The first-order valence-corrected chi connectivity index (χ1v) is 6.91. The first kappa shape index (κ1) is 13.7. The van der Waals surface area contributed by atoms with E-state index in [1.165, 1.54) is 6.33 Å². The van der Waals surface area contributed by atoms with Crippen molar-refractivity contribution in [2.24, 2.45) is 7.05 Å². The second-order valence-electron chi connectivity index (χ2n) is 4.45. The minimum Gasteiger partial charge on any atom is -0.479 e. The monoisotopic (exact) mass is 307 g/mol. The van der Waals surface area contributed by atoms with Crippen LogP contribution >= 0.6 is 11.6 Å². The van der Waals surface area contributed by atoms with Gasteiger partial charge in [0.25, 0.3) is 0 Å². The summed E-state index contributed by atoms with van der Waals surface area (Å²) in [7, 11) is 3.39. The number of fused-ring (bicyclic) bond motifs is 1. The minimum atomic E-state index is 0.287. The maximum Gasteiger partial charge on any atom is 0.245 e. The van der Waals surface area contributed by atoms with Crippen LogP contribution in [0.4, 0.5) is 0 Å². The van der Waals surface area contributed by atoms with Crippen molar-refractivity contribution in [2.75, 3.05) is 7.11 Å². The van der Waals surface area contributed by atoms with Gasteiger partial charge < -0.3 is 9.30 Å². The van der Waals surface area contributed by atoms with Crippen LogP contribution in [0.2, 0.25) is 0 Å². The molecular formula is C12H14ClN7O. The SMILES string of the molecule is COc1ncnc2c1nc(CCl)n2CCc1ncn(C)n1. The number of rotatable bonds is 5. The molecule has 3 aromatic heterocycles. The Labute approximate surface area is 125 Å². The predicted octanol–water partition coefficient (Wildman–Crippen LogP) is 0.945. The second kappa shape index (κ2) is 5.65. The van der Waals surface area contributed by atoms with Crippen LogP contribution in [0, 0.1) is 0 Å². The number of imidazole rings is 1. The van der Waals surface area contributed by atoms with Crippen LogP contribution in [-0.2, 0) is 25.9 Å². The van der Waals surface area contributed by atoms with E-state index in [1.807, 2.05) is 11.6 Å². The normalized spacial score (nSPS) is 11.2. The van der Waals surface area contributed by atoms with Gasteiger partial charge in [-0.15, -0.1) is 11.6 Å². The van der Waals surface area contributed by atoms with Gasteiger partial charge in [0.15, 0.2) is 17.0 Å². The molecule has 0 bridgehead atoms. The molecule has 0 spiro atoms. The van der Waals surface area contributed by atoms with Crippen LogP contribution in [0.15, 0.2) is 12.7 Å². The maximum absolute atomic E-state index is 5.98. The maximum atomic E-state index is 5.98. The predicted molar refractivity (Wildman–Crippen MR) is 76.1 cm³/mol. The Morgan fingerprint density at radius 3 is 2.81 bits per heavy atom. The van der Waals surface area contributed by atoms with Gasteiger partial charge >= 0.3 is 0 Å². The number of halogens is 1. The summed E-state index contributed by atoms with van der Waals surface area (Å²) in [6.45, 7) is 0.642. The molecule has 0 saturated carbocycles. The molecule has 3 aromatic rings. The van der Waals surface area contributed by atoms with Gasteiger partial charge in [0, 0.05) is 20.0 Å². The van der Waals surface area contributed by atoms with Crippen molar-refractivity contribution >= 4 is 22.8 Å². The molecule has 0 saturated heterocycles. The van der Waals surface area contributed by atoms with Gasteiger partial charge in [-0.1, -0.05) is 0 Å². The van der Waals surface area contributed by atoms with Gasteiger partial charge in [-0.3, -0.25) is 4.68 Å². The number of aromatic nitrogens is 7. The lowest BCUT2D eigenvalue weighted by Gasteiger charge is -2.05. The quantitative estimate of drug-likeness (QED) is 0.652. The Bertz CT molecular complexity index is 766. The lowest BCUT2D eigenvalue weighted by Crippen LogP contribution is -2.07. The smallest absolute Gasteiger partial charge is 0.245 e. The number of alkyl halides is 1. The molecule has 0 unspecified atom stereocenters. The van der Waals surface area contributed by atoms with E-state index in [0.29, 0.717) is 30.0 Å². The third-order valence-electron chi connectivity index (χ3n) is 3.10. The zero-order valence-corrected chi connectivity index (χ0v) is 12.4. The van der Waals surface area contributed by atoms with Crippen LogP contribution in [0.5, 0.6) is 5.88 Å². The Kier molecular flexibility index (Phi) is 3.70. The van der Waals surface area contributed by atoms with E-state index >= 15 is 0 Å². The van der Waals surface area contributed by atoms with Crippen molar-refractivity contribution in [1.29, 1.82) is 0 Å². The van der Waals surface area contributed by atoms with Crippen molar-refractivity contribution in [3.8, 4) is 5.88 Å². The largest absolute Gasteiger partial charge is 0.479 e. The molecule has 0 aliphatic rings. The average molecular weight is 308 g/mol. The van der Waals surface area contributed by atoms with Gasteiger partial charge in [0.2, 0.25) is 5.88 Å². The fourth-order valence-electron chi connectivity index (χ4n) is 2.16. The van der Waals surface area contributed by atoms with Gasteiger partial charge in [-0.25, -0.2) is 15.0 Å². The van der Waals surface area contributed by atoms with Gasteiger partial charge in [0.1, 0.15) is 18.5 Å². The zero-order chi connectivity index (χ0) is 14.8. The summed E-state index contributed by atoms with van der Waals surface area (Å²) >= 11 is 5.98. The molecule has 0 N–H and O–H groups in total. The first-order chi connectivity index (χ1) is 10.2. The molecular weight excluding hydrogens is 294 g/mol. The van der Waals surface area contributed by atoms with E-state index in [9.17, 15) is 0 Å². The number of aryl methyl sites for hydroxylation is 3. The highest BCUT2D eigenvalue weighted by atomic mass is 35.5. The first-order valence-electron chi connectivity index (χ1n) is 6.37. The summed E-state index contributed by atoms with van der Waals surface area (Å²) in [6.07, 6.45) is 3.80. The van der Waals surface area contributed by atoms with Crippen molar-refractivity contribution in [3.05, 3.63) is 24.3 Å². The zero-order valence-electron chi connectivity index (χ0n) is 11.7. The summed E-state index contributed by atoms with van der Waals surface area (Å²) in [4.78, 5) is 17.0. The molecule has 110 valence electrons. The molecule has 0 amide bonds. The van der Waals surface area contributed by atoms with Crippen molar-refractivity contribution in [1.82, 2.24) is 34.3 Å². The Morgan fingerprint density at radius 2 is 2.14 bits per heavy atom. The van der Waals surface area contributed by atoms with Crippen molar-refractivity contribution in [3.63, 3.8) is 0 Å². The summed E-state index contributed by atoms with van der Waals surface area (Å²) in [6, 6.07) is 0. The van der Waals surface area contributed by atoms with Crippen molar-refractivity contribution < 1.29 is 4.74 Å². The molecule has 0 aromatic carbocycles. The van der Waals surface area contributed by atoms with Crippen LogP contribution < -0.4 is 4.74 Å². The molecule has 21 heavy (non-hydrogen) atoms.